The molecule has 0 aliphatic carbocycles. The molecule has 1 nitrogen and oxygen atoms in total. The highest BCUT2D eigenvalue weighted by Gasteiger charge is 2.20. The topological polar surface area (TPSA) is 9.23 Å². The van der Waals surface area contributed by atoms with Gasteiger partial charge in [-0.2, -0.15) is 11.8 Å². The first-order valence-electron chi connectivity index (χ1n) is 3.43. The van der Waals surface area contributed by atoms with E-state index in [0.29, 0.717) is 0 Å². The summed E-state index contributed by atoms with van der Waals surface area (Å²) in [5.74, 6) is 2.13. The van der Waals surface area contributed by atoms with Crippen LogP contribution in [0.2, 0.25) is 0 Å². The number of ether oxygens (including phenoxy) is 1. The highest BCUT2D eigenvalue weighted by atomic mass is 32.2. The lowest BCUT2D eigenvalue weighted by Crippen LogP contribution is -2.06. The first-order valence-corrected chi connectivity index (χ1v) is 4.48. The largest absolute Gasteiger partial charge is 0.384 e. The second kappa shape index (κ2) is 3.47. The molecule has 2 unspecified atom stereocenters. The Morgan fingerprint density at radius 1 is 1.67 bits per heavy atom. The van der Waals surface area contributed by atoms with Crippen molar-refractivity contribution in [2.45, 2.75) is 18.6 Å². The fourth-order valence-corrected chi connectivity index (χ4v) is 2.50. The van der Waals surface area contributed by atoms with Gasteiger partial charge in [-0.25, -0.2) is 0 Å². The van der Waals surface area contributed by atoms with Gasteiger partial charge in [0.1, 0.15) is 0 Å². The third kappa shape index (κ3) is 2.18. The molecule has 0 aromatic heterocycles. The second-order valence-corrected chi connectivity index (χ2v) is 4.17. The number of rotatable bonds is 2. The van der Waals surface area contributed by atoms with Gasteiger partial charge < -0.3 is 4.74 Å². The second-order valence-electron chi connectivity index (χ2n) is 2.70. The van der Waals surface area contributed by atoms with Crippen LogP contribution in [0.3, 0.4) is 0 Å². The predicted molar refractivity (Wildman–Crippen MR) is 41.9 cm³/mol. The third-order valence-corrected chi connectivity index (χ3v) is 3.11. The molecular weight excluding hydrogens is 132 g/mol. The average Bonchev–Trinajstić information content (AvgIpc) is 2.17. The Morgan fingerprint density at radius 2 is 2.44 bits per heavy atom. The smallest absolute Gasteiger partial charge is 0.0498 e. The van der Waals surface area contributed by atoms with E-state index in [1.807, 2.05) is 0 Å². The molecule has 0 spiro atoms. The molecule has 0 bridgehead atoms. The number of hydrogen-bond donors (Lipinski definition) is 0. The molecule has 0 aromatic rings. The molecule has 0 radical (unpaired) electrons. The first-order chi connectivity index (χ1) is 4.33. The zero-order chi connectivity index (χ0) is 6.69. The van der Waals surface area contributed by atoms with Crippen molar-refractivity contribution in [2.75, 3.05) is 19.5 Å². The summed E-state index contributed by atoms with van der Waals surface area (Å²) in [6, 6.07) is 0. The number of thioether (sulfide) groups is 1. The van der Waals surface area contributed by atoms with Gasteiger partial charge in [-0.3, -0.25) is 0 Å². The Bertz CT molecular complexity index is 83.0. The summed E-state index contributed by atoms with van der Waals surface area (Å²) in [6.45, 7) is 3.25. The van der Waals surface area contributed by atoms with E-state index in [9.17, 15) is 0 Å². The molecule has 0 aromatic carbocycles. The van der Waals surface area contributed by atoms with Gasteiger partial charge in [-0.05, 0) is 18.1 Å². The van der Waals surface area contributed by atoms with Gasteiger partial charge in [0.2, 0.25) is 0 Å². The van der Waals surface area contributed by atoms with Gasteiger partial charge in [0.05, 0.1) is 0 Å². The Labute approximate surface area is 61.2 Å². The molecule has 1 aliphatic heterocycles. The van der Waals surface area contributed by atoms with E-state index < -0.39 is 0 Å². The lowest BCUT2D eigenvalue weighted by molar-refractivity contribution is 0.160. The minimum Gasteiger partial charge on any atom is -0.384 e. The minimum atomic E-state index is 0.829. The van der Waals surface area contributed by atoms with Crippen LogP contribution in [0.25, 0.3) is 0 Å². The molecule has 2 atom stereocenters. The maximum Gasteiger partial charge on any atom is 0.0498 e. The van der Waals surface area contributed by atoms with E-state index in [2.05, 4.69) is 18.7 Å². The van der Waals surface area contributed by atoms with E-state index in [4.69, 9.17) is 4.74 Å². The highest BCUT2D eigenvalue weighted by Crippen LogP contribution is 2.30. The molecule has 54 valence electrons. The first kappa shape index (κ1) is 7.42. The Hall–Kier alpha value is 0.310. The Morgan fingerprint density at radius 3 is 2.89 bits per heavy atom. The van der Waals surface area contributed by atoms with Crippen LogP contribution in [0.4, 0.5) is 0 Å². The van der Waals surface area contributed by atoms with Crippen LogP contribution in [0, 0.1) is 5.92 Å². The molecule has 0 saturated carbocycles. The van der Waals surface area contributed by atoms with Crippen molar-refractivity contribution in [1.29, 1.82) is 0 Å². The molecule has 0 amide bonds. The summed E-state index contributed by atoms with van der Waals surface area (Å²) in [4.78, 5) is 0. The molecule has 1 heterocycles. The quantitative estimate of drug-likeness (QED) is 0.587. The molecular formula is C7H14OS. The molecule has 1 aliphatic rings. The van der Waals surface area contributed by atoms with Crippen molar-refractivity contribution in [1.82, 2.24) is 0 Å². The zero-order valence-corrected chi connectivity index (χ0v) is 6.91. The van der Waals surface area contributed by atoms with E-state index in [1.165, 1.54) is 12.2 Å². The highest BCUT2D eigenvalue weighted by molar-refractivity contribution is 8.00. The van der Waals surface area contributed by atoms with Crippen molar-refractivity contribution in [3.8, 4) is 0 Å². The maximum absolute atomic E-state index is 5.06. The number of hydrogen-bond acceptors (Lipinski definition) is 2. The van der Waals surface area contributed by atoms with E-state index in [-0.39, 0.29) is 0 Å². The third-order valence-electron chi connectivity index (χ3n) is 1.68. The summed E-state index contributed by atoms with van der Waals surface area (Å²) in [5, 5.41) is 0.866. The van der Waals surface area contributed by atoms with Gasteiger partial charge >= 0.3 is 0 Å². The standard InChI is InChI=1S/C7H14OS/c1-6-3-7(4-8-2)5-9-6/h6-7H,3-5H2,1-2H3. The lowest BCUT2D eigenvalue weighted by Gasteiger charge is -2.04. The fourth-order valence-electron chi connectivity index (χ4n) is 1.26. The van der Waals surface area contributed by atoms with Crippen molar-refractivity contribution in [3.05, 3.63) is 0 Å². The molecule has 9 heavy (non-hydrogen) atoms. The predicted octanol–water partition coefficient (Wildman–Crippen LogP) is 1.77. The van der Waals surface area contributed by atoms with Crippen LogP contribution in [-0.2, 0) is 4.74 Å². The van der Waals surface area contributed by atoms with Crippen LogP contribution in [0.1, 0.15) is 13.3 Å². The lowest BCUT2D eigenvalue weighted by atomic mass is 10.1. The molecule has 1 saturated heterocycles. The normalized spacial score (nSPS) is 35.3. The number of methoxy groups -OCH3 is 1. The molecule has 2 heteroatoms. The summed E-state index contributed by atoms with van der Waals surface area (Å²) < 4.78 is 5.06. The van der Waals surface area contributed by atoms with Gasteiger partial charge in [-0.15, -0.1) is 0 Å². The van der Waals surface area contributed by atoms with Gasteiger partial charge in [0.15, 0.2) is 0 Å². The minimum absolute atomic E-state index is 0.829. The van der Waals surface area contributed by atoms with Crippen molar-refractivity contribution in [2.24, 2.45) is 5.92 Å². The summed E-state index contributed by atoms with van der Waals surface area (Å²) in [5.41, 5.74) is 0. The van der Waals surface area contributed by atoms with Crippen molar-refractivity contribution < 1.29 is 4.74 Å². The van der Waals surface area contributed by atoms with E-state index in [0.717, 1.165) is 17.8 Å². The SMILES string of the molecule is COCC1CSC(C)C1. The molecule has 1 rings (SSSR count). The van der Waals surface area contributed by atoms with Crippen LogP contribution >= 0.6 is 11.8 Å². The Balaban J connectivity index is 2.14. The molecule has 1 fully saturated rings. The van der Waals surface area contributed by atoms with Gasteiger partial charge in [0, 0.05) is 19.0 Å². The summed E-state index contributed by atoms with van der Waals surface area (Å²) in [6.07, 6.45) is 1.35. The van der Waals surface area contributed by atoms with Gasteiger partial charge in [-0.1, -0.05) is 6.92 Å². The van der Waals surface area contributed by atoms with Gasteiger partial charge in [0.25, 0.3) is 0 Å². The maximum atomic E-state index is 5.06. The van der Waals surface area contributed by atoms with Crippen LogP contribution in [0.5, 0.6) is 0 Å². The van der Waals surface area contributed by atoms with E-state index >= 15 is 0 Å². The molecule has 0 N–H and O–H groups in total. The van der Waals surface area contributed by atoms with Crippen molar-refractivity contribution >= 4 is 11.8 Å². The van der Waals surface area contributed by atoms with Crippen molar-refractivity contribution in [3.63, 3.8) is 0 Å². The Kier molecular flexibility index (Phi) is 2.86. The van der Waals surface area contributed by atoms with Crippen LogP contribution < -0.4 is 0 Å². The summed E-state index contributed by atoms with van der Waals surface area (Å²) >= 11 is 2.07. The summed E-state index contributed by atoms with van der Waals surface area (Å²) in [7, 11) is 1.79. The monoisotopic (exact) mass is 146 g/mol. The van der Waals surface area contributed by atoms with Crippen LogP contribution in [-0.4, -0.2) is 24.7 Å². The van der Waals surface area contributed by atoms with Crippen LogP contribution in [0.15, 0.2) is 0 Å². The van der Waals surface area contributed by atoms with E-state index in [1.54, 1.807) is 7.11 Å². The zero-order valence-electron chi connectivity index (χ0n) is 6.09. The fraction of sp³-hybridized carbons (Fsp3) is 1.00. The average molecular weight is 146 g/mol.